The molecular weight excluding hydrogens is 278 g/mol. The van der Waals surface area contributed by atoms with Gasteiger partial charge in [0.15, 0.2) is 9.84 Å². The van der Waals surface area contributed by atoms with Gasteiger partial charge < -0.3 is 5.73 Å². The molecule has 0 amide bonds. The maximum atomic E-state index is 11.4. The Labute approximate surface area is 97.7 Å². The topological polar surface area (TPSA) is 60.2 Å². The molecule has 1 aromatic carbocycles. The Kier molecular flexibility index (Phi) is 2.65. The van der Waals surface area contributed by atoms with Crippen LogP contribution in [0.15, 0.2) is 28.7 Å². The average molecular weight is 290 g/mol. The van der Waals surface area contributed by atoms with Crippen LogP contribution in [-0.2, 0) is 9.84 Å². The Morgan fingerprint density at radius 3 is 2.20 bits per heavy atom. The van der Waals surface area contributed by atoms with Crippen molar-refractivity contribution in [3.8, 4) is 0 Å². The van der Waals surface area contributed by atoms with Crippen molar-refractivity contribution in [3.63, 3.8) is 0 Å². The molecular formula is C10H12BrNO2S. The Bertz CT molecular complexity index is 469. The number of halogens is 1. The van der Waals surface area contributed by atoms with Crippen LogP contribution in [0, 0.1) is 0 Å². The summed E-state index contributed by atoms with van der Waals surface area (Å²) in [5.41, 5.74) is 6.78. The van der Waals surface area contributed by atoms with Crippen LogP contribution in [0.5, 0.6) is 0 Å². The van der Waals surface area contributed by atoms with Gasteiger partial charge in [-0.3, -0.25) is 0 Å². The van der Waals surface area contributed by atoms with E-state index < -0.39 is 15.1 Å². The summed E-state index contributed by atoms with van der Waals surface area (Å²) >= 11 is 3.34. The lowest BCUT2D eigenvalue weighted by atomic mass is 10.1. The first-order valence-electron chi connectivity index (χ1n) is 4.61. The fraction of sp³-hybridized carbons (Fsp3) is 0.400. The minimum Gasteiger partial charge on any atom is -0.326 e. The molecule has 3 atom stereocenters. The molecule has 15 heavy (non-hydrogen) atoms. The first-order valence-corrected chi connectivity index (χ1v) is 7.36. The van der Waals surface area contributed by atoms with Crippen LogP contribution in [0.4, 0.5) is 0 Å². The molecule has 5 heteroatoms. The average Bonchev–Trinajstić information content (AvgIpc) is 2.78. The Morgan fingerprint density at radius 2 is 1.80 bits per heavy atom. The molecule has 2 rings (SSSR count). The summed E-state index contributed by atoms with van der Waals surface area (Å²) in [5, 5.41) is -0.404. The van der Waals surface area contributed by atoms with Gasteiger partial charge in [0, 0.05) is 22.7 Å². The molecule has 82 valence electrons. The normalized spacial score (nSPS) is 30.2. The number of rotatable bonds is 2. The number of hydrogen-bond acceptors (Lipinski definition) is 3. The van der Waals surface area contributed by atoms with Gasteiger partial charge >= 0.3 is 0 Å². The van der Waals surface area contributed by atoms with Gasteiger partial charge in [0.2, 0.25) is 0 Å². The maximum absolute atomic E-state index is 11.4. The first-order chi connectivity index (χ1) is 6.91. The second-order valence-corrected chi connectivity index (χ2v) is 7.07. The van der Waals surface area contributed by atoms with Crippen LogP contribution in [0.3, 0.4) is 0 Å². The third-order valence-electron chi connectivity index (χ3n) is 2.76. The molecule has 0 aromatic heterocycles. The molecule has 0 bridgehead atoms. The van der Waals surface area contributed by atoms with E-state index in [4.69, 9.17) is 5.73 Å². The smallest absolute Gasteiger partial charge is 0.152 e. The maximum Gasteiger partial charge on any atom is 0.152 e. The Hall–Kier alpha value is -0.390. The van der Waals surface area contributed by atoms with Crippen LogP contribution >= 0.6 is 15.9 Å². The number of hydrogen-bond donors (Lipinski definition) is 1. The Balaban J connectivity index is 2.26. The summed E-state index contributed by atoms with van der Waals surface area (Å²) in [6, 6.07) is 7.39. The van der Waals surface area contributed by atoms with E-state index in [1.54, 1.807) is 0 Å². The van der Waals surface area contributed by atoms with Gasteiger partial charge in [0.25, 0.3) is 0 Å². The van der Waals surface area contributed by atoms with Crippen LogP contribution in [0.1, 0.15) is 11.5 Å². The summed E-state index contributed by atoms with van der Waals surface area (Å²) in [6.45, 7) is 0. The third kappa shape index (κ3) is 2.09. The zero-order chi connectivity index (χ0) is 11.2. The minimum atomic E-state index is -3.02. The summed E-state index contributed by atoms with van der Waals surface area (Å²) < 4.78 is 23.7. The van der Waals surface area contributed by atoms with Gasteiger partial charge in [-0.25, -0.2) is 8.42 Å². The monoisotopic (exact) mass is 289 g/mol. The minimum absolute atomic E-state index is 0.0342. The van der Waals surface area contributed by atoms with Crippen LogP contribution in [0.25, 0.3) is 0 Å². The van der Waals surface area contributed by atoms with Crippen molar-refractivity contribution in [1.29, 1.82) is 0 Å². The molecule has 3 nitrogen and oxygen atoms in total. The highest BCUT2D eigenvalue weighted by Crippen LogP contribution is 2.44. The number of benzene rings is 1. The highest BCUT2D eigenvalue weighted by Gasteiger charge is 2.54. The van der Waals surface area contributed by atoms with Crippen molar-refractivity contribution in [3.05, 3.63) is 34.3 Å². The summed E-state index contributed by atoms with van der Waals surface area (Å²) in [7, 11) is -3.02. The molecule has 1 aliphatic rings. The third-order valence-corrected chi connectivity index (χ3v) is 4.88. The lowest BCUT2D eigenvalue weighted by Crippen LogP contribution is -2.13. The highest BCUT2D eigenvalue weighted by molar-refractivity contribution is 9.10. The van der Waals surface area contributed by atoms with Crippen molar-refractivity contribution in [2.75, 3.05) is 6.26 Å². The molecule has 0 saturated heterocycles. The fourth-order valence-corrected chi connectivity index (χ4v) is 3.74. The van der Waals surface area contributed by atoms with E-state index in [9.17, 15) is 8.42 Å². The van der Waals surface area contributed by atoms with Gasteiger partial charge in [-0.05, 0) is 17.7 Å². The van der Waals surface area contributed by atoms with Crippen molar-refractivity contribution in [1.82, 2.24) is 0 Å². The van der Waals surface area contributed by atoms with E-state index >= 15 is 0 Å². The zero-order valence-corrected chi connectivity index (χ0v) is 10.6. The molecule has 1 aliphatic carbocycles. The largest absolute Gasteiger partial charge is 0.326 e. The molecule has 0 spiro atoms. The fourth-order valence-electron chi connectivity index (χ4n) is 1.95. The van der Waals surface area contributed by atoms with Gasteiger partial charge in [-0.15, -0.1) is 0 Å². The molecule has 1 saturated carbocycles. The quantitative estimate of drug-likeness (QED) is 0.892. The van der Waals surface area contributed by atoms with Crippen LogP contribution < -0.4 is 5.73 Å². The second kappa shape index (κ2) is 3.57. The number of nitrogens with two attached hydrogens (primary N) is 1. The lowest BCUT2D eigenvalue weighted by Gasteiger charge is -1.98. The molecule has 0 heterocycles. The second-order valence-electron chi connectivity index (χ2n) is 3.95. The van der Waals surface area contributed by atoms with Crippen LogP contribution in [-0.4, -0.2) is 26.0 Å². The van der Waals surface area contributed by atoms with E-state index in [-0.39, 0.29) is 12.0 Å². The van der Waals surface area contributed by atoms with Crippen molar-refractivity contribution >= 4 is 25.8 Å². The Morgan fingerprint density at radius 1 is 1.27 bits per heavy atom. The lowest BCUT2D eigenvalue weighted by molar-refractivity contribution is 0.599. The molecule has 0 aliphatic heterocycles. The number of sulfone groups is 1. The highest BCUT2D eigenvalue weighted by atomic mass is 79.9. The molecule has 0 unspecified atom stereocenters. The van der Waals surface area contributed by atoms with E-state index in [0.717, 1.165) is 10.0 Å². The van der Waals surface area contributed by atoms with Gasteiger partial charge in [0.05, 0.1) is 5.25 Å². The van der Waals surface area contributed by atoms with Crippen molar-refractivity contribution in [2.45, 2.75) is 17.2 Å². The molecule has 2 N–H and O–H groups in total. The first kappa shape index (κ1) is 11.1. The van der Waals surface area contributed by atoms with Gasteiger partial charge in [-0.2, -0.15) is 0 Å². The van der Waals surface area contributed by atoms with E-state index in [0.29, 0.717) is 0 Å². The zero-order valence-electron chi connectivity index (χ0n) is 8.22. The van der Waals surface area contributed by atoms with Gasteiger partial charge in [-0.1, -0.05) is 28.1 Å². The van der Waals surface area contributed by atoms with Crippen molar-refractivity contribution in [2.24, 2.45) is 5.73 Å². The molecule has 1 aromatic rings. The van der Waals surface area contributed by atoms with E-state index in [1.807, 2.05) is 24.3 Å². The molecule has 0 radical (unpaired) electrons. The summed E-state index contributed by atoms with van der Waals surface area (Å²) in [5.74, 6) is -0.0342. The predicted molar refractivity (Wildman–Crippen MR) is 63.5 cm³/mol. The molecule has 1 fully saturated rings. The summed E-state index contributed by atoms with van der Waals surface area (Å²) in [4.78, 5) is 0. The van der Waals surface area contributed by atoms with E-state index in [1.165, 1.54) is 6.26 Å². The van der Waals surface area contributed by atoms with E-state index in [2.05, 4.69) is 15.9 Å². The predicted octanol–water partition coefficient (Wildman–Crippen LogP) is 1.29. The van der Waals surface area contributed by atoms with Gasteiger partial charge in [0.1, 0.15) is 0 Å². The van der Waals surface area contributed by atoms with Crippen molar-refractivity contribution < 1.29 is 8.42 Å². The van der Waals surface area contributed by atoms with Crippen LogP contribution in [0.2, 0.25) is 0 Å². The standard InChI is InChI=1S/C10H12BrNO2S/c1-15(13,14)10-8(9(10)12)6-2-4-7(11)5-3-6/h2-5,8-10H,12H2,1H3/t8-,9+,10+/m0/s1. The summed E-state index contributed by atoms with van der Waals surface area (Å²) in [6.07, 6.45) is 1.25. The SMILES string of the molecule is CS(=O)(=O)[C@H]1[C@H](N)[C@@H]1c1ccc(Br)cc1.